The van der Waals surface area contributed by atoms with E-state index in [9.17, 15) is 9.50 Å². The van der Waals surface area contributed by atoms with Crippen molar-refractivity contribution in [2.24, 2.45) is 0 Å². The van der Waals surface area contributed by atoms with Gasteiger partial charge in [-0.3, -0.25) is 0 Å². The van der Waals surface area contributed by atoms with E-state index in [0.29, 0.717) is 31.5 Å². The first-order chi connectivity index (χ1) is 8.00. The highest BCUT2D eigenvalue weighted by atomic mass is 79.9. The Labute approximate surface area is 110 Å². The zero-order chi connectivity index (χ0) is 12.9. The van der Waals surface area contributed by atoms with Crippen LogP contribution in [0.1, 0.15) is 32.3 Å². The van der Waals surface area contributed by atoms with Crippen molar-refractivity contribution in [3.8, 4) is 0 Å². The third-order valence-electron chi connectivity index (χ3n) is 3.09. The fourth-order valence-electron chi connectivity index (χ4n) is 1.61. The molecule has 0 saturated carbocycles. The topological polar surface area (TPSA) is 32.3 Å². The Morgan fingerprint density at radius 2 is 2.00 bits per heavy atom. The molecule has 0 saturated heterocycles. The first-order valence-corrected chi connectivity index (χ1v) is 6.67. The summed E-state index contributed by atoms with van der Waals surface area (Å²) in [6, 6.07) is 4.86. The minimum Gasteiger partial charge on any atom is -0.389 e. The van der Waals surface area contributed by atoms with Crippen LogP contribution in [0.25, 0.3) is 0 Å². The molecule has 2 nitrogen and oxygen atoms in total. The first-order valence-electron chi connectivity index (χ1n) is 5.88. The molecule has 0 aromatic heterocycles. The second kappa shape index (κ2) is 6.47. The Morgan fingerprint density at radius 1 is 1.35 bits per heavy atom. The molecule has 0 aliphatic heterocycles. The number of hydrogen-bond donors (Lipinski definition) is 2. The van der Waals surface area contributed by atoms with E-state index in [2.05, 4.69) is 21.2 Å². The molecule has 4 heteroatoms. The quantitative estimate of drug-likeness (QED) is 0.846. The first kappa shape index (κ1) is 14.6. The second-order valence-corrected chi connectivity index (χ2v) is 5.19. The lowest BCUT2D eigenvalue weighted by Gasteiger charge is -2.25. The van der Waals surface area contributed by atoms with Crippen molar-refractivity contribution in [3.63, 3.8) is 0 Å². The summed E-state index contributed by atoms with van der Waals surface area (Å²) in [7, 11) is 0. The molecular weight excluding hydrogens is 285 g/mol. The van der Waals surface area contributed by atoms with E-state index in [-0.39, 0.29) is 5.82 Å². The molecule has 96 valence electrons. The van der Waals surface area contributed by atoms with Crippen LogP contribution in [0.3, 0.4) is 0 Å². The van der Waals surface area contributed by atoms with Gasteiger partial charge < -0.3 is 10.4 Å². The van der Waals surface area contributed by atoms with Gasteiger partial charge in [-0.05, 0) is 31.0 Å². The Balaban J connectivity index is 2.53. The van der Waals surface area contributed by atoms with Gasteiger partial charge >= 0.3 is 0 Å². The van der Waals surface area contributed by atoms with E-state index in [1.165, 1.54) is 6.07 Å². The van der Waals surface area contributed by atoms with Gasteiger partial charge in [-0.2, -0.15) is 0 Å². The molecule has 0 fully saturated rings. The minimum atomic E-state index is -0.692. The second-order valence-electron chi connectivity index (χ2n) is 4.27. The molecule has 0 atom stereocenters. The molecule has 2 N–H and O–H groups in total. The van der Waals surface area contributed by atoms with Gasteiger partial charge in [-0.25, -0.2) is 4.39 Å². The van der Waals surface area contributed by atoms with Crippen LogP contribution in [0.5, 0.6) is 0 Å². The Kier molecular flexibility index (Phi) is 5.56. The fraction of sp³-hybridized carbons (Fsp3) is 0.538. The van der Waals surface area contributed by atoms with E-state index in [0.717, 1.165) is 4.47 Å². The van der Waals surface area contributed by atoms with Gasteiger partial charge in [0.15, 0.2) is 0 Å². The van der Waals surface area contributed by atoms with Crippen molar-refractivity contribution in [3.05, 3.63) is 34.1 Å². The van der Waals surface area contributed by atoms with Gasteiger partial charge in [0.05, 0.1) is 5.60 Å². The Hall–Kier alpha value is -0.450. The van der Waals surface area contributed by atoms with Gasteiger partial charge in [-0.15, -0.1) is 0 Å². The van der Waals surface area contributed by atoms with Crippen molar-refractivity contribution < 1.29 is 9.50 Å². The summed E-state index contributed by atoms with van der Waals surface area (Å²) in [5.74, 6) is -0.225. The molecule has 1 aromatic carbocycles. The lowest BCUT2D eigenvalue weighted by molar-refractivity contribution is 0.0322. The van der Waals surface area contributed by atoms with Gasteiger partial charge in [0, 0.05) is 23.1 Å². The van der Waals surface area contributed by atoms with Gasteiger partial charge in [-0.1, -0.05) is 29.8 Å². The van der Waals surface area contributed by atoms with Crippen LogP contribution in [-0.4, -0.2) is 17.3 Å². The summed E-state index contributed by atoms with van der Waals surface area (Å²) in [6.45, 7) is 4.80. The molecule has 0 heterocycles. The number of hydrogen-bond acceptors (Lipinski definition) is 2. The standard InChI is InChI=1S/C13H19BrFNO/c1-3-13(17,4-2)9-16-8-10-7-11(14)5-6-12(10)15/h5-7,16-17H,3-4,8-9H2,1-2H3. The van der Waals surface area contributed by atoms with Crippen molar-refractivity contribution in [1.82, 2.24) is 5.32 Å². The molecule has 0 aliphatic carbocycles. The number of benzene rings is 1. The van der Waals surface area contributed by atoms with Crippen LogP contribution in [0.15, 0.2) is 22.7 Å². The van der Waals surface area contributed by atoms with Crippen molar-refractivity contribution in [2.75, 3.05) is 6.54 Å². The smallest absolute Gasteiger partial charge is 0.127 e. The number of nitrogens with one attached hydrogen (secondary N) is 1. The Bertz CT molecular complexity index is 366. The van der Waals surface area contributed by atoms with Crippen LogP contribution in [0.2, 0.25) is 0 Å². The maximum atomic E-state index is 13.4. The monoisotopic (exact) mass is 303 g/mol. The van der Waals surface area contributed by atoms with Crippen LogP contribution in [-0.2, 0) is 6.54 Å². The highest BCUT2D eigenvalue weighted by molar-refractivity contribution is 9.10. The molecule has 0 spiro atoms. The summed E-state index contributed by atoms with van der Waals surface area (Å²) < 4.78 is 14.3. The van der Waals surface area contributed by atoms with E-state index < -0.39 is 5.60 Å². The maximum Gasteiger partial charge on any atom is 0.127 e. The molecule has 0 bridgehead atoms. The van der Waals surface area contributed by atoms with Gasteiger partial charge in [0.25, 0.3) is 0 Å². The maximum absolute atomic E-state index is 13.4. The summed E-state index contributed by atoms with van der Waals surface area (Å²) >= 11 is 3.31. The summed E-state index contributed by atoms with van der Waals surface area (Å²) in [5, 5.41) is 13.2. The molecule has 0 aliphatic rings. The van der Waals surface area contributed by atoms with Crippen molar-refractivity contribution >= 4 is 15.9 Å². The zero-order valence-electron chi connectivity index (χ0n) is 10.3. The van der Waals surface area contributed by atoms with E-state index in [4.69, 9.17) is 0 Å². The highest BCUT2D eigenvalue weighted by Crippen LogP contribution is 2.16. The lowest BCUT2D eigenvalue weighted by atomic mass is 9.97. The molecule has 1 aromatic rings. The van der Waals surface area contributed by atoms with Crippen LogP contribution < -0.4 is 5.32 Å². The summed E-state index contributed by atoms with van der Waals surface area (Å²) in [5.41, 5.74) is -0.0865. The largest absolute Gasteiger partial charge is 0.389 e. The van der Waals surface area contributed by atoms with Crippen molar-refractivity contribution in [1.29, 1.82) is 0 Å². The molecule has 1 rings (SSSR count). The number of halogens is 2. The van der Waals surface area contributed by atoms with E-state index >= 15 is 0 Å². The SMILES string of the molecule is CCC(O)(CC)CNCc1cc(Br)ccc1F. The molecule has 0 radical (unpaired) electrons. The Morgan fingerprint density at radius 3 is 2.59 bits per heavy atom. The molecular formula is C13H19BrFNO. The highest BCUT2D eigenvalue weighted by Gasteiger charge is 2.21. The predicted molar refractivity (Wildman–Crippen MR) is 71.3 cm³/mol. The van der Waals surface area contributed by atoms with Crippen LogP contribution in [0.4, 0.5) is 4.39 Å². The van der Waals surface area contributed by atoms with Crippen molar-refractivity contribution in [2.45, 2.75) is 38.8 Å². The predicted octanol–water partition coefficient (Wildman–Crippen LogP) is 3.23. The van der Waals surface area contributed by atoms with Gasteiger partial charge in [0.1, 0.15) is 5.82 Å². The minimum absolute atomic E-state index is 0.225. The fourth-order valence-corrected chi connectivity index (χ4v) is 2.02. The third-order valence-corrected chi connectivity index (χ3v) is 3.59. The normalized spacial score (nSPS) is 11.8. The zero-order valence-corrected chi connectivity index (χ0v) is 11.8. The average molecular weight is 304 g/mol. The van der Waals surface area contributed by atoms with Crippen LogP contribution >= 0.6 is 15.9 Å². The van der Waals surface area contributed by atoms with Crippen LogP contribution in [0, 0.1) is 5.82 Å². The lowest BCUT2D eigenvalue weighted by Crippen LogP contribution is -2.39. The molecule has 17 heavy (non-hydrogen) atoms. The molecule has 0 unspecified atom stereocenters. The average Bonchev–Trinajstić information content (AvgIpc) is 2.33. The van der Waals surface area contributed by atoms with E-state index in [1.807, 2.05) is 13.8 Å². The number of aliphatic hydroxyl groups is 1. The summed E-state index contributed by atoms with van der Waals surface area (Å²) in [4.78, 5) is 0. The van der Waals surface area contributed by atoms with Gasteiger partial charge in [0.2, 0.25) is 0 Å². The summed E-state index contributed by atoms with van der Waals surface area (Å²) in [6.07, 6.45) is 1.38. The third kappa shape index (κ3) is 4.37. The molecule has 0 amide bonds. The number of rotatable bonds is 6. The van der Waals surface area contributed by atoms with E-state index in [1.54, 1.807) is 12.1 Å².